The molecule has 3 rings (SSSR count). The fourth-order valence-corrected chi connectivity index (χ4v) is 3.31. The van der Waals surface area contributed by atoms with E-state index in [0.29, 0.717) is 11.6 Å². The number of aliphatic carboxylic acids is 1. The van der Waals surface area contributed by atoms with Crippen LogP contribution in [0.25, 0.3) is 0 Å². The molecule has 0 spiro atoms. The molecule has 0 aliphatic carbocycles. The molecule has 1 aliphatic rings. The van der Waals surface area contributed by atoms with Gasteiger partial charge in [-0.15, -0.1) is 0 Å². The normalized spacial score (nSPS) is 20.1. The molecule has 0 radical (unpaired) electrons. The molecule has 0 saturated carbocycles. The summed E-state index contributed by atoms with van der Waals surface area (Å²) < 4.78 is 0. The van der Waals surface area contributed by atoms with Gasteiger partial charge >= 0.3 is 5.97 Å². The number of rotatable bonds is 4. The maximum atomic E-state index is 12.5. The highest BCUT2D eigenvalue weighted by Crippen LogP contribution is 2.33. The zero-order valence-corrected chi connectivity index (χ0v) is 13.8. The average Bonchev–Trinajstić information content (AvgIpc) is 3.03. The van der Waals surface area contributed by atoms with Crippen molar-refractivity contribution in [1.82, 2.24) is 4.90 Å². The van der Waals surface area contributed by atoms with Crippen molar-refractivity contribution in [3.8, 4) is 0 Å². The molecule has 1 heterocycles. The van der Waals surface area contributed by atoms with Crippen molar-refractivity contribution in [2.75, 3.05) is 13.1 Å². The van der Waals surface area contributed by atoms with Crippen LogP contribution >= 0.6 is 11.6 Å². The molecule has 2 unspecified atom stereocenters. The first-order valence-corrected chi connectivity index (χ1v) is 8.22. The Balaban J connectivity index is 1.74. The molecular weight excluding hydrogens is 326 g/mol. The van der Waals surface area contributed by atoms with Crippen LogP contribution in [0.15, 0.2) is 54.6 Å². The smallest absolute Gasteiger partial charge is 0.308 e. The summed E-state index contributed by atoms with van der Waals surface area (Å²) in [5, 5.41) is 10.1. The van der Waals surface area contributed by atoms with E-state index in [-0.39, 0.29) is 24.8 Å². The maximum Gasteiger partial charge on any atom is 0.308 e. The number of amides is 1. The minimum Gasteiger partial charge on any atom is -0.481 e. The Bertz CT molecular complexity index is 730. The van der Waals surface area contributed by atoms with Gasteiger partial charge in [-0.05, 0) is 23.3 Å². The van der Waals surface area contributed by atoms with Crippen molar-refractivity contribution in [2.24, 2.45) is 5.92 Å². The molecule has 5 heteroatoms. The summed E-state index contributed by atoms with van der Waals surface area (Å²) in [6.07, 6.45) is 0.255. The number of benzene rings is 2. The van der Waals surface area contributed by atoms with Crippen molar-refractivity contribution in [1.29, 1.82) is 0 Å². The van der Waals surface area contributed by atoms with Gasteiger partial charge in [0.05, 0.1) is 12.3 Å². The SMILES string of the molecule is O=C(O)C1CN(C(=O)Cc2ccc(Cl)cc2)CC1c1ccccc1. The third-order valence-corrected chi connectivity index (χ3v) is 4.74. The summed E-state index contributed by atoms with van der Waals surface area (Å²) in [5.41, 5.74) is 1.84. The molecule has 0 bridgehead atoms. The number of hydrogen-bond acceptors (Lipinski definition) is 2. The second-order valence-corrected chi connectivity index (χ2v) is 6.50. The Kier molecular flexibility index (Phi) is 4.86. The predicted octanol–water partition coefficient (Wildman–Crippen LogP) is 3.21. The van der Waals surface area contributed by atoms with Crippen LogP contribution in [0, 0.1) is 5.92 Å². The molecule has 124 valence electrons. The summed E-state index contributed by atoms with van der Waals surface area (Å²) in [6.45, 7) is 0.689. The lowest BCUT2D eigenvalue weighted by Crippen LogP contribution is -2.31. The van der Waals surface area contributed by atoms with Crippen LogP contribution in [-0.2, 0) is 16.0 Å². The zero-order valence-electron chi connectivity index (χ0n) is 13.1. The Morgan fingerprint density at radius 1 is 1.04 bits per heavy atom. The van der Waals surface area contributed by atoms with Crippen LogP contribution in [0.1, 0.15) is 17.0 Å². The summed E-state index contributed by atoms with van der Waals surface area (Å²) in [7, 11) is 0. The Morgan fingerprint density at radius 2 is 1.71 bits per heavy atom. The number of carboxylic acid groups (broad SMARTS) is 1. The second kappa shape index (κ2) is 7.05. The van der Waals surface area contributed by atoms with E-state index >= 15 is 0 Å². The topological polar surface area (TPSA) is 57.6 Å². The van der Waals surface area contributed by atoms with Crippen molar-refractivity contribution < 1.29 is 14.7 Å². The lowest BCUT2D eigenvalue weighted by molar-refractivity contribution is -0.141. The Hall–Kier alpha value is -2.33. The number of carboxylic acids is 1. The van der Waals surface area contributed by atoms with Gasteiger partial charge in [0.1, 0.15) is 0 Å². The Labute approximate surface area is 145 Å². The van der Waals surface area contributed by atoms with Crippen LogP contribution in [0.5, 0.6) is 0 Å². The van der Waals surface area contributed by atoms with Crippen molar-refractivity contribution >= 4 is 23.5 Å². The van der Waals surface area contributed by atoms with Crippen LogP contribution in [0.2, 0.25) is 5.02 Å². The Morgan fingerprint density at radius 3 is 2.33 bits per heavy atom. The van der Waals surface area contributed by atoms with Gasteiger partial charge in [0.15, 0.2) is 0 Å². The van der Waals surface area contributed by atoms with Gasteiger partial charge in [-0.25, -0.2) is 0 Å². The largest absolute Gasteiger partial charge is 0.481 e. The maximum absolute atomic E-state index is 12.5. The van der Waals surface area contributed by atoms with E-state index in [9.17, 15) is 14.7 Å². The lowest BCUT2D eigenvalue weighted by atomic mass is 9.89. The van der Waals surface area contributed by atoms with Crippen molar-refractivity contribution in [2.45, 2.75) is 12.3 Å². The van der Waals surface area contributed by atoms with Gasteiger partial charge in [-0.3, -0.25) is 9.59 Å². The minimum atomic E-state index is -0.856. The number of carbonyl (C=O) groups is 2. The van der Waals surface area contributed by atoms with Crippen LogP contribution in [0.4, 0.5) is 0 Å². The van der Waals surface area contributed by atoms with Gasteiger partial charge in [0, 0.05) is 24.0 Å². The number of likely N-dealkylation sites (tertiary alicyclic amines) is 1. The minimum absolute atomic E-state index is 0.0537. The first-order valence-electron chi connectivity index (χ1n) is 7.84. The summed E-state index contributed by atoms with van der Waals surface area (Å²) in [5.74, 6) is -1.65. The fraction of sp³-hybridized carbons (Fsp3) is 0.263. The summed E-state index contributed by atoms with van der Waals surface area (Å²) in [6, 6.07) is 16.7. The van der Waals surface area contributed by atoms with Crippen molar-refractivity contribution in [3.05, 3.63) is 70.7 Å². The highest BCUT2D eigenvalue weighted by molar-refractivity contribution is 6.30. The molecule has 4 nitrogen and oxygen atoms in total. The zero-order chi connectivity index (χ0) is 17.1. The van der Waals surface area contributed by atoms with Gasteiger partial charge in [-0.1, -0.05) is 54.1 Å². The first kappa shape index (κ1) is 16.5. The lowest BCUT2D eigenvalue weighted by Gasteiger charge is -2.16. The number of halogens is 1. The van der Waals surface area contributed by atoms with Crippen molar-refractivity contribution in [3.63, 3.8) is 0 Å². The van der Waals surface area contributed by atoms with E-state index in [1.165, 1.54) is 0 Å². The third kappa shape index (κ3) is 3.60. The molecule has 24 heavy (non-hydrogen) atoms. The first-order chi connectivity index (χ1) is 11.5. The summed E-state index contributed by atoms with van der Waals surface area (Å²) in [4.78, 5) is 25.8. The molecule has 1 N–H and O–H groups in total. The molecule has 1 fully saturated rings. The molecular formula is C19H18ClNO3. The molecule has 1 amide bonds. The summed E-state index contributed by atoms with van der Waals surface area (Å²) >= 11 is 5.86. The third-order valence-electron chi connectivity index (χ3n) is 4.49. The van der Waals surface area contributed by atoms with E-state index in [1.54, 1.807) is 17.0 Å². The van der Waals surface area contributed by atoms with E-state index in [4.69, 9.17) is 11.6 Å². The number of nitrogens with zero attached hydrogens (tertiary/aromatic N) is 1. The molecule has 2 aromatic rings. The highest BCUT2D eigenvalue weighted by Gasteiger charge is 2.40. The van der Waals surface area contributed by atoms with Crippen LogP contribution in [0.3, 0.4) is 0 Å². The van der Waals surface area contributed by atoms with Gasteiger partial charge in [-0.2, -0.15) is 0 Å². The fourth-order valence-electron chi connectivity index (χ4n) is 3.18. The molecule has 0 aromatic heterocycles. The van der Waals surface area contributed by atoms with Crippen LogP contribution in [-0.4, -0.2) is 35.0 Å². The van der Waals surface area contributed by atoms with Gasteiger partial charge < -0.3 is 10.0 Å². The second-order valence-electron chi connectivity index (χ2n) is 6.06. The standard InChI is InChI=1S/C19H18ClNO3/c20-15-8-6-13(7-9-15)10-18(22)21-11-16(17(12-21)19(23)24)14-4-2-1-3-5-14/h1-9,16-17H,10-12H2,(H,23,24). The quantitative estimate of drug-likeness (QED) is 0.927. The van der Waals surface area contributed by atoms with Gasteiger partial charge in [0.25, 0.3) is 0 Å². The molecule has 1 saturated heterocycles. The molecule has 2 aromatic carbocycles. The van der Waals surface area contributed by atoms with E-state index in [0.717, 1.165) is 11.1 Å². The van der Waals surface area contributed by atoms with E-state index < -0.39 is 11.9 Å². The van der Waals surface area contributed by atoms with Crippen LogP contribution < -0.4 is 0 Å². The van der Waals surface area contributed by atoms with E-state index in [2.05, 4.69) is 0 Å². The monoisotopic (exact) mass is 343 g/mol. The average molecular weight is 344 g/mol. The number of hydrogen-bond donors (Lipinski definition) is 1. The van der Waals surface area contributed by atoms with Gasteiger partial charge in [0.2, 0.25) is 5.91 Å². The molecule has 1 aliphatic heterocycles. The molecule has 2 atom stereocenters. The van der Waals surface area contributed by atoms with E-state index in [1.807, 2.05) is 42.5 Å². The highest BCUT2D eigenvalue weighted by atomic mass is 35.5. The predicted molar refractivity (Wildman–Crippen MR) is 92.0 cm³/mol. The number of carbonyl (C=O) groups excluding carboxylic acids is 1.